The molecule has 2 heteroatoms. The van der Waals surface area contributed by atoms with Crippen LogP contribution in [0.3, 0.4) is 0 Å². The van der Waals surface area contributed by atoms with E-state index in [4.69, 9.17) is 0 Å². The molecule has 0 aromatic rings. The quantitative estimate of drug-likeness (QED) is 0.667. The molecular weight excluding hydrogens is 160 g/mol. The first kappa shape index (κ1) is 9.47. The Hall–Kier alpha value is -0.0800. The molecule has 2 aliphatic rings. The SMILES string of the molecule is CC1NCCCN1C1CCCCC1. The number of nitrogens with one attached hydrogen (secondary N) is 1. The van der Waals surface area contributed by atoms with Gasteiger partial charge in [-0.25, -0.2) is 0 Å². The van der Waals surface area contributed by atoms with Crippen LogP contribution in [0.15, 0.2) is 0 Å². The van der Waals surface area contributed by atoms with Crippen LogP contribution in [0.25, 0.3) is 0 Å². The largest absolute Gasteiger partial charge is 0.302 e. The van der Waals surface area contributed by atoms with Gasteiger partial charge in [-0.2, -0.15) is 0 Å². The van der Waals surface area contributed by atoms with Crippen LogP contribution in [-0.4, -0.2) is 30.2 Å². The van der Waals surface area contributed by atoms with Crippen LogP contribution < -0.4 is 5.32 Å². The number of nitrogens with zero attached hydrogens (tertiary/aromatic N) is 1. The summed E-state index contributed by atoms with van der Waals surface area (Å²) in [5.74, 6) is 0. The maximum Gasteiger partial charge on any atom is 0.0570 e. The van der Waals surface area contributed by atoms with Gasteiger partial charge in [0.05, 0.1) is 6.17 Å². The highest BCUT2D eigenvalue weighted by molar-refractivity contribution is 4.81. The van der Waals surface area contributed by atoms with E-state index >= 15 is 0 Å². The summed E-state index contributed by atoms with van der Waals surface area (Å²) in [7, 11) is 0. The van der Waals surface area contributed by atoms with E-state index in [-0.39, 0.29) is 0 Å². The standard InChI is InChI=1S/C11H22N2/c1-10-12-8-5-9-13(10)11-6-3-2-4-7-11/h10-12H,2-9H2,1H3. The van der Waals surface area contributed by atoms with Crippen molar-refractivity contribution in [2.45, 2.75) is 57.7 Å². The summed E-state index contributed by atoms with van der Waals surface area (Å²) in [5.41, 5.74) is 0. The Morgan fingerprint density at radius 3 is 2.54 bits per heavy atom. The molecule has 1 saturated heterocycles. The number of rotatable bonds is 1. The van der Waals surface area contributed by atoms with Crippen molar-refractivity contribution in [2.24, 2.45) is 0 Å². The Kier molecular flexibility index (Phi) is 3.23. The molecule has 0 amide bonds. The summed E-state index contributed by atoms with van der Waals surface area (Å²) in [4.78, 5) is 2.68. The van der Waals surface area contributed by atoms with E-state index in [0.29, 0.717) is 6.17 Å². The Balaban J connectivity index is 1.88. The van der Waals surface area contributed by atoms with Crippen LogP contribution in [0.4, 0.5) is 0 Å². The van der Waals surface area contributed by atoms with Crippen molar-refractivity contribution in [3.63, 3.8) is 0 Å². The zero-order valence-electron chi connectivity index (χ0n) is 8.76. The second-order valence-corrected chi connectivity index (χ2v) is 4.51. The third-order valence-corrected chi connectivity index (χ3v) is 3.57. The first-order valence-electron chi connectivity index (χ1n) is 5.87. The van der Waals surface area contributed by atoms with E-state index < -0.39 is 0 Å². The van der Waals surface area contributed by atoms with Gasteiger partial charge in [0.15, 0.2) is 0 Å². The third kappa shape index (κ3) is 2.23. The van der Waals surface area contributed by atoms with Crippen LogP contribution in [0, 0.1) is 0 Å². The Morgan fingerprint density at radius 2 is 1.85 bits per heavy atom. The Morgan fingerprint density at radius 1 is 1.08 bits per heavy atom. The molecule has 0 bridgehead atoms. The lowest BCUT2D eigenvalue weighted by Gasteiger charge is -2.41. The average molecular weight is 182 g/mol. The minimum atomic E-state index is 0.622. The summed E-state index contributed by atoms with van der Waals surface area (Å²) in [6.45, 7) is 4.84. The summed E-state index contributed by atoms with van der Waals surface area (Å²) in [5, 5.41) is 3.56. The maximum absolute atomic E-state index is 3.56. The highest BCUT2D eigenvalue weighted by Crippen LogP contribution is 2.24. The summed E-state index contributed by atoms with van der Waals surface area (Å²) >= 11 is 0. The molecule has 1 atom stereocenters. The number of hydrogen-bond acceptors (Lipinski definition) is 2. The minimum absolute atomic E-state index is 0.622. The molecular formula is C11H22N2. The molecule has 76 valence electrons. The zero-order valence-corrected chi connectivity index (χ0v) is 8.76. The lowest BCUT2D eigenvalue weighted by atomic mass is 9.93. The van der Waals surface area contributed by atoms with Crippen molar-refractivity contribution in [1.82, 2.24) is 10.2 Å². The fraction of sp³-hybridized carbons (Fsp3) is 1.00. The molecule has 0 aromatic carbocycles. The fourth-order valence-electron chi connectivity index (χ4n) is 2.79. The van der Waals surface area contributed by atoms with Gasteiger partial charge >= 0.3 is 0 Å². The molecule has 1 aliphatic heterocycles. The zero-order chi connectivity index (χ0) is 9.10. The van der Waals surface area contributed by atoms with Gasteiger partial charge in [0.25, 0.3) is 0 Å². The molecule has 1 aliphatic carbocycles. The van der Waals surface area contributed by atoms with E-state index in [9.17, 15) is 0 Å². The van der Waals surface area contributed by atoms with Crippen molar-refractivity contribution in [2.75, 3.05) is 13.1 Å². The molecule has 2 nitrogen and oxygen atoms in total. The van der Waals surface area contributed by atoms with Gasteiger partial charge in [-0.3, -0.25) is 4.90 Å². The van der Waals surface area contributed by atoms with Gasteiger partial charge in [0.1, 0.15) is 0 Å². The lowest BCUT2D eigenvalue weighted by Crippen LogP contribution is -2.54. The second kappa shape index (κ2) is 4.43. The van der Waals surface area contributed by atoms with Crippen LogP contribution in [-0.2, 0) is 0 Å². The fourth-order valence-corrected chi connectivity index (χ4v) is 2.79. The van der Waals surface area contributed by atoms with Crippen molar-refractivity contribution in [3.05, 3.63) is 0 Å². The third-order valence-electron chi connectivity index (χ3n) is 3.57. The van der Waals surface area contributed by atoms with Crippen molar-refractivity contribution >= 4 is 0 Å². The topological polar surface area (TPSA) is 15.3 Å². The highest BCUT2D eigenvalue weighted by atomic mass is 15.3. The van der Waals surface area contributed by atoms with E-state index in [1.807, 2.05) is 0 Å². The van der Waals surface area contributed by atoms with Gasteiger partial charge in [0.2, 0.25) is 0 Å². The highest BCUT2D eigenvalue weighted by Gasteiger charge is 2.26. The van der Waals surface area contributed by atoms with Crippen LogP contribution in [0.2, 0.25) is 0 Å². The lowest BCUT2D eigenvalue weighted by molar-refractivity contribution is 0.0702. The smallest absolute Gasteiger partial charge is 0.0570 e. The van der Waals surface area contributed by atoms with Crippen LogP contribution in [0.5, 0.6) is 0 Å². The predicted molar refractivity (Wildman–Crippen MR) is 55.7 cm³/mol. The van der Waals surface area contributed by atoms with Crippen LogP contribution >= 0.6 is 0 Å². The molecule has 1 unspecified atom stereocenters. The first-order valence-corrected chi connectivity index (χ1v) is 5.87. The summed E-state index contributed by atoms with van der Waals surface area (Å²) in [6, 6.07) is 0.886. The van der Waals surface area contributed by atoms with Crippen molar-refractivity contribution in [3.8, 4) is 0 Å². The summed E-state index contributed by atoms with van der Waals surface area (Å²) < 4.78 is 0. The normalized spacial score (nSPS) is 33.5. The molecule has 1 saturated carbocycles. The molecule has 2 fully saturated rings. The van der Waals surface area contributed by atoms with Gasteiger partial charge in [-0.05, 0) is 32.7 Å². The maximum atomic E-state index is 3.56. The van der Waals surface area contributed by atoms with Gasteiger partial charge in [-0.1, -0.05) is 19.3 Å². The van der Waals surface area contributed by atoms with Gasteiger partial charge < -0.3 is 5.32 Å². The average Bonchev–Trinajstić information content (AvgIpc) is 2.20. The van der Waals surface area contributed by atoms with E-state index in [1.165, 1.54) is 51.6 Å². The monoisotopic (exact) mass is 182 g/mol. The summed E-state index contributed by atoms with van der Waals surface area (Å²) in [6.07, 6.45) is 9.20. The van der Waals surface area contributed by atoms with Gasteiger partial charge in [-0.15, -0.1) is 0 Å². The molecule has 13 heavy (non-hydrogen) atoms. The molecule has 1 heterocycles. The predicted octanol–water partition coefficient (Wildman–Crippen LogP) is 1.96. The molecule has 0 radical (unpaired) electrons. The second-order valence-electron chi connectivity index (χ2n) is 4.51. The minimum Gasteiger partial charge on any atom is -0.302 e. The van der Waals surface area contributed by atoms with E-state index in [2.05, 4.69) is 17.1 Å². The van der Waals surface area contributed by atoms with Crippen molar-refractivity contribution < 1.29 is 0 Å². The van der Waals surface area contributed by atoms with E-state index in [0.717, 1.165) is 6.04 Å². The molecule has 0 aromatic heterocycles. The van der Waals surface area contributed by atoms with Crippen molar-refractivity contribution in [1.29, 1.82) is 0 Å². The number of hydrogen-bond donors (Lipinski definition) is 1. The Bertz CT molecular complexity index is 152. The Labute approximate surface area is 81.7 Å². The van der Waals surface area contributed by atoms with Crippen LogP contribution in [0.1, 0.15) is 45.4 Å². The van der Waals surface area contributed by atoms with Gasteiger partial charge in [0, 0.05) is 12.6 Å². The first-order chi connectivity index (χ1) is 6.38. The molecule has 1 N–H and O–H groups in total. The van der Waals surface area contributed by atoms with E-state index in [1.54, 1.807) is 0 Å². The molecule has 0 spiro atoms. The molecule has 2 rings (SSSR count).